The number of nitrogens with one attached hydrogen (secondary N) is 1. The Morgan fingerprint density at radius 2 is 1.84 bits per heavy atom. The van der Waals surface area contributed by atoms with E-state index in [4.69, 9.17) is 11.6 Å². The van der Waals surface area contributed by atoms with Gasteiger partial charge in [-0.2, -0.15) is 0 Å². The molecule has 2 heterocycles. The van der Waals surface area contributed by atoms with Crippen molar-refractivity contribution in [1.29, 1.82) is 0 Å². The van der Waals surface area contributed by atoms with E-state index >= 15 is 0 Å². The van der Waals surface area contributed by atoms with Crippen molar-refractivity contribution in [3.63, 3.8) is 0 Å². The van der Waals surface area contributed by atoms with E-state index in [-0.39, 0.29) is 11.5 Å². The minimum Gasteiger partial charge on any atom is -0.478 e. The van der Waals surface area contributed by atoms with Crippen molar-refractivity contribution in [2.24, 2.45) is 0 Å². The Bertz CT molecular complexity index is 1340. The van der Waals surface area contributed by atoms with E-state index in [0.717, 1.165) is 27.7 Å². The Labute approximate surface area is 189 Å². The molecule has 0 aliphatic carbocycles. The number of nitrogens with zero attached hydrogens (tertiary/aromatic N) is 2. The molecule has 0 saturated carbocycles. The van der Waals surface area contributed by atoms with E-state index in [2.05, 4.69) is 9.99 Å². The standard InChI is InChI=1S/C25H20ClN3O3/c26-20-7-4-16(5-8-20)15-28-12-10-17-2-1-3-21(23(17)28)24(30)27-29-13-11-18-14-19(25(31)32)6-9-22(18)29/h1-10,12,14H,11,13,15H2,(H,27,30)(H,31,32). The molecule has 0 saturated heterocycles. The fraction of sp³-hybridized carbons (Fsp3) is 0.120. The van der Waals surface area contributed by atoms with Gasteiger partial charge in [-0.05, 0) is 60.0 Å². The Morgan fingerprint density at radius 1 is 1.03 bits per heavy atom. The average Bonchev–Trinajstić information content (AvgIpc) is 3.39. The highest BCUT2D eigenvalue weighted by molar-refractivity contribution is 6.30. The monoisotopic (exact) mass is 445 g/mol. The van der Waals surface area contributed by atoms with Crippen LogP contribution < -0.4 is 10.4 Å². The number of halogens is 1. The van der Waals surface area contributed by atoms with E-state index in [1.807, 2.05) is 54.7 Å². The van der Waals surface area contributed by atoms with Gasteiger partial charge >= 0.3 is 5.97 Å². The molecule has 2 N–H and O–H groups in total. The van der Waals surface area contributed by atoms with Crippen LogP contribution in [0.15, 0.2) is 72.9 Å². The molecule has 3 aromatic carbocycles. The predicted molar refractivity (Wildman–Crippen MR) is 124 cm³/mol. The molecule has 1 aliphatic heterocycles. The maximum atomic E-state index is 13.3. The zero-order valence-electron chi connectivity index (χ0n) is 17.1. The predicted octanol–water partition coefficient (Wildman–Crippen LogP) is 4.75. The molecule has 0 bridgehead atoms. The first kappa shape index (κ1) is 20.2. The first-order valence-electron chi connectivity index (χ1n) is 10.3. The topological polar surface area (TPSA) is 74.6 Å². The van der Waals surface area contributed by atoms with Crippen molar-refractivity contribution >= 4 is 40.1 Å². The molecule has 0 unspecified atom stereocenters. The van der Waals surface area contributed by atoms with Crippen LogP contribution in [0.5, 0.6) is 0 Å². The fourth-order valence-corrected chi connectivity index (χ4v) is 4.32. The normalized spacial score (nSPS) is 12.7. The molecule has 0 radical (unpaired) electrons. The second-order valence-corrected chi connectivity index (χ2v) is 8.24. The van der Waals surface area contributed by atoms with Crippen LogP contribution in [0.25, 0.3) is 10.9 Å². The van der Waals surface area contributed by atoms with Crippen molar-refractivity contribution in [3.8, 4) is 0 Å². The Balaban J connectivity index is 1.43. The second kappa shape index (κ2) is 8.05. The minimum atomic E-state index is -0.955. The van der Waals surface area contributed by atoms with E-state index < -0.39 is 5.97 Å². The van der Waals surface area contributed by atoms with Gasteiger partial charge in [0, 0.05) is 29.7 Å². The molecule has 1 amide bonds. The van der Waals surface area contributed by atoms with Crippen LogP contribution in [0.3, 0.4) is 0 Å². The third-order valence-corrected chi connectivity index (χ3v) is 6.01. The number of benzene rings is 3. The third kappa shape index (κ3) is 3.69. The summed E-state index contributed by atoms with van der Waals surface area (Å²) < 4.78 is 2.06. The number of hydrazine groups is 1. The molecule has 5 rings (SSSR count). The first-order valence-corrected chi connectivity index (χ1v) is 10.6. The van der Waals surface area contributed by atoms with Crippen molar-refractivity contribution < 1.29 is 14.7 Å². The zero-order chi connectivity index (χ0) is 22.2. The van der Waals surface area contributed by atoms with Crippen LogP contribution in [0, 0.1) is 0 Å². The number of hydrogen-bond acceptors (Lipinski definition) is 3. The highest BCUT2D eigenvalue weighted by Crippen LogP contribution is 2.28. The Morgan fingerprint density at radius 3 is 2.62 bits per heavy atom. The minimum absolute atomic E-state index is 0.207. The molecule has 4 aromatic rings. The maximum absolute atomic E-state index is 13.3. The van der Waals surface area contributed by atoms with Crippen LogP contribution in [-0.2, 0) is 13.0 Å². The lowest BCUT2D eigenvalue weighted by atomic mass is 10.1. The highest BCUT2D eigenvalue weighted by Gasteiger charge is 2.23. The van der Waals surface area contributed by atoms with Crippen LogP contribution in [0.1, 0.15) is 31.8 Å². The summed E-state index contributed by atoms with van der Waals surface area (Å²) in [6.45, 7) is 1.21. The third-order valence-electron chi connectivity index (χ3n) is 5.76. The summed E-state index contributed by atoms with van der Waals surface area (Å²) in [5, 5.41) is 12.7. The van der Waals surface area contributed by atoms with E-state index in [9.17, 15) is 14.7 Å². The summed E-state index contributed by atoms with van der Waals surface area (Å²) in [4.78, 5) is 24.5. The van der Waals surface area contributed by atoms with Gasteiger partial charge in [0.15, 0.2) is 0 Å². The summed E-state index contributed by atoms with van der Waals surface area (Å²) in [7, 11) is 0. The lowest BCUT2D eigenvalue weighted by Gasteiger charge is -2.21. The first-order chi connectivity index (χ1) is 15.5. The number of anilines is 1. The van der Waals surface area contributed by atoms with Gasteiger partial charge in [0.25, 0.3) is 5.91 Å². The number of carbonyl (C=O) groups is 2. The number of carbonyl (C=O) groups excluding carboxylic acids is 1. The van der Waals surface area contributed by atoms with Gasteiger partial charge < -0.3 is 9.67 Å². The van der Waals surface area contributed by atoms with E-state index in [1.54, 1.807) is 23.2 Å². The van der Waals surface area contributed by atoms with Crippen molar-refractivity contribution in [3.05, 3.63) is 100 Å². The molecule has 1 aromatic heterocycles. The lowest BCUT2D eigenvalue weighted by molar-refractivity contribution is 0.0696. The Hall–Kier alpha value is -3.77. The van der Waals surface area contributed by atoms with Gasteiger partial charge in [0.1, 0.15) is 0 Å². The van der Waals surface area contributed by atoms with Crippen LogP contribution in [0.4, 0.5) is 5.69 Å². The van der Waals surface area contributed by atoms with Gasteiger partial charge in [0.2, 0.25) is 0 Å². The number of amides is 1. The highest BCUT2D eigenvalue weighted by atomic mass is 35.5. The number of rotatable bonds is 5. The molecular weight excluding hydrogens is 426 g/mol. The molecule has 6 nitrogen and oxygen atoms in total. The van der Waals surface area contributed by atoms with E-state index in [0.29, 0.717) is 30.1 Å². The van der Waals surface area contributed by atoms with Crippen molar-refractivity contribution in [2.45, 2.75) is 13.0 Å². The zero-order valence-corrected chi connectivity index (χ0v) is 17.8. The summed E-state index contributed by atoms with van der Waals surface area (Å²) >= 11 is 6.00. The molecule has 0 fully saturated rings. The Kier molecular flexibility index (Phi) is 5.07. The lowest BCUT2D eigenvalue weighted by Crippen LogP contribution is -2.41. The maximum Gasteiger partial charge on any atom is 0.335 e. The number of aromatic nitrogens is 1. The summed E-state index contributed by atoms with van der Waals surface area (Å²) in [6.07, 6.45) is 2.66. The summed E-state index contributed by atoms with van der Waals surface area (Å²) in [5.41, 5.74) is 7.52. The van der Waals surface area contributed by atoms with E-state index in [1.165, 1.54) is 0 Å². The average molecular weight is 446 g/mol. The number of hydrogen-bond donors (Lipinski definition) is 2. The number of fused-ring (bicyclic) bond motifs is 2. The van der Waals surface area contributed by atoms with Crippen LogP contribution in [-0.4, -0.2) is 28.1 Å². The molecular formula is C25H20ClN3O3. The second-order valence-electron chi connectivity index (χ2n) is 7.80. The number of carboxylic acid groups (broad SMARTS) is 1. The number of carboxylic acids is 1. The van der Waals surface area contributed by atoms with Gasteiger partial charge in [-0.15, -0.1) is 0 Å². The van der Waals surface area contributed by atoms with Gasteiger partial charge in [-0.3, -0.25) is 15.2 Å². The molecule has 0 atom stereocenters. The molecule has 0 spiro atoms. The SMILES string of the molecule is O=C(O)c1ccc2c(c1)CCN2NC(=O)c1cccc2ccn(Cc3ccc(Cl)cc3)c12. The van der Waals surface area contributed by atoms with Gasteiger partial charge in [-0.1, -0.05) is 35.9 Å². The molecule has 160 valence electrons. The largest absolute Gasteiger partial charge is 0.478 e. The fourth-order valence-electron chi connectivity index (χ4n) is 4.20. The molecule has 32 heavy (non-hydrogen) atoms. The molecule has 1 aliphatic rings. The van der Waals surface area contributed by atoms with Crippen molar-refractivity contribution in [1.82, 2.24) is 9.99 Å². The number of aromatic carboxylic acids is 1. The van der Waals surface area contributed by atoms with Crippen LogP contribution >= 0.6 is 11.6 Å². The molecule has 7 heteroatoms. The van der Waals surface area contributed by atoms with Gasteiger partial charge in [0.05, 0.1) is 22.3 Å². The van der Waals surface area contributed by atoms with Crippen LogP contribution in [0.2, 0.25) is 5.02 Å². The summed E-state index contributed by atoms with van der Waals surface area (Å²) in [6, 6.07) is 20.3. The van der Waals surface area contributed by atoms with Crippen molar-refractivity contribution in [2.75, 3.05) is 11.6 Å². The van der Waals surface area contributed by atoms with Gasteiger partial charge in [-0.25, -0.2) is 4.79 Å². The summed E-state index contributed by atoms with van der Waals surface area (Å²) in [5.74, 6) is -1.16. The number of para-hydroxylation sites is 1. The quantitative estimate of drug-likeness (QED) is 0.465. The smallest absolute Gasteiger partial charge is 0.335 e.